The Labute approximate surface area is 157 Å². The highest BCUT2D eigenvalue weighted by atomic mass is 32.2. The van der Waals surface area contributed by atoms with Crippen LogP contribution in [-0.2, 0) is 10.0 Å². The van der Waals surface area contributed by atoms with E-state index in [4.69, 9.17) is 0 Å². The number of aryl methyl sites for hydroxylation is 1. The number of benzene rings is 1. The molecule has 7 heteroatoms. The quantitative estimate of drug-likeness (QED) is 0.677. The fourth-order valence-electron chi connectivity index (χ4n) is 3.25. The first kappa shape index (κ1) is 20.9. The van der Waals surface area contributed by atoms with Gasteiger partial charge < -0.3 is 10.2 Å². The van der Waals surface area contributed by atoms with E-state index in [0.29, 0.717) is 18.7 Å². The summed E-state index contributed by atoms with van der Waals surface area (Å²) in [5.41, 5.74) is 1.18. The number of sulfonamides is 1. The van der Waals surface area contributed by atoms with Crippen LogP contribution in [0.25, 0.3) is 0 Å². The minimum absolute atomic E-state index is 0.125. The lowest BCUT2D eigenvalue weighted by molar-refractivity contribution is 0.0951. The Kier molecular flexibility index (Phi) is 8.06. The van der Waals surface area contributed by atoms with Crippen LogP contribution in [0.4, 0.5) is 0 Å². The van der Waals surface area contributed by atoms with Crippen LogP contribution < -0.4 is 10.0 Å². The van der Waals surface area contributed by atoms with Crippen molar-refractivity contribution in [2.75, 3.05) is 32.7 Å². The molecular weight excluding hydrogens is 350 g/mol. The lowest BCUT2D eigenvalue weighted by Crippen LogP contribution is -2.31. The monoisotopic (exact) mass is 381 g/mol. The second kappa shape index (κ2) is 10.0. The molecule has 1 aromatic rings. The van der Waals surface area contributed by atoms with Crippen molar-refractivity contribution in [1.82, 2.24) is 14.9 Å². The van der Waals surface area contributed by atoms with E-state index < -0.39 is 10.0 Å². The molecule has 0 saturated carbocycles. The predicted molar refractivity (Wildman–Crippen MR) is 104 cm³/mol. The maximum absolute atomic E-state index is 12.5. The molecule has 6 nitrogen and oxygen atoms in total. The van der Waals surface area contributed by atoms with Crippen LogP contribution in [0.15, 0.2) is 23.1 Å². The maximum atomic E-state index is 12.5. The molecule has 2 N–H and O–H groups in total. The highest BCUT2D eigenvalue weighted by Crippen LogP contribution is 2.16. The van der Waals surface area contributed by atoms with Crippen molar-refractivity contribution in [3.8, 4) is 0 Å². The molecule has 1 aliphatic heterocycles. The van der Waals surface area contributed by atoms with Crippen LogP contribution in [0.1, 0.15) is 54.9 Å². The van der Waals surface area contributed by atoms with Gasteiger partial charge in [-0.3, -0.25) is 4.79 Å². The third kappa shape index (κ3) is 6.07. The number of amides is 1. The number of carbonyl (C=O) groups is 1. The average Bonchev–Trinajstić information content (AvgIpc) is 2.87. The van der Waals surface area contributed by atoms with Crippen LogP contribution in [0, 0.1) is 6.92 Å². The summed E-state index contributed by atoms with van der Waals surface area (Å²) in [6.07, 6.45) is 6.06. The van der Waals surface area contributed by atoms with Gasteiger partial charge in [-0.15, -0.1) is 0 Å². The molecule has 0 aliphatic carbocycles. The minimum Gasteiger partial charge on any atom is -0.352 e. The summed E-state index contributed by atoms with van der Waals surface area (Å²) < 4.78 is 26.7. The van der Waals surface area contributed by atoms with Gasteiger partial charge in [0.15, 0.2) is 0 Å². The van der Waals surface area contributed by atoms with Gasteiger partial charge >= 0.3 is 0 Å². The molecule has 1 aliphatic rings. The lowest BCUT2D eigenvalue weighted by atomic mass is 10.1. The van der Waals surface area contributed by atoms with E-state index >= 15 is 0 Å². The Morgan fingerprint density at radius 1 is 1.15 bits per heavy atom. The van der Waals surface area contributed by atoms with Crippen molar-refractivity contribution in [3.05, 3.63) is 29.3 Å². The summed E-state index contributed by atoms with van der Waals surface area (Å²) in [5.74, 6) is -0.216. The number of nitrogens with zero attached hydrogens (tertiary/aromatic N) is 1. The Bertz CT molecular complexity index is 696. The normalized spacial score (nSPS) is 16.2. The van der Waals surface area contributed by atoms with Crippen molar-refractivity contribution in [2.45, 2.75) is 50.8 Å². The number of hydrogen-bond acceptors (Lipinski definition) is 4. The molecular formula is C19H31N3O3S. The predicted octanol–water partition coefficient (Wildman–Crippen LogP) is 2.29. The average molecular weight is 382 g/mol. The molecule has 0 radical (unpaired) electrons. The van der Waals surface area contributed by atoms with Gasteiger partial charge in [0.1, 0.15) is 0 Å². The molecule has 26 heavy (non-hydrogen) atoms. The fraction of sp³-hybridized carbons (Fsp3) is 0.632. The van der Waals surface area contributed by atoms with E-state index in [0.717, 1.165) is 31.6 Å². The van der Waals surface area contributed by atoms with E-state index in [-0.39, 0.29) is 10.8 Å². The SMILES string of the molecule is CCNS(=O)(=O)c1ccc(C)c(C(=O)NCCCN2CCCCCC2)c1. The zero-order chi connectivity index (χ0) is 19.0. The molecule has 0 unspecified atom stereocenters. The molecule has 1 fully saturated rings. The fourth-order valence-corrected chi connectivity index (χ4v) is 4.31. The van der Waals surface area contributed by atoms with Gasteiger partial charge in [0, 0.05) is 18.7 Å². The maximum Gasteiger partial charge on any atom is 0.251 e. The number of rotatable bonds is 8. The summed E-state index contributed by atoms with van der Waals surface area (Å²) in [5, 5.41) is 2.92. The zero-order valence-electron chi connectivity index (χ0n) is 15.9. The molecule has 0 atom stereocenters. The Hall–Kier alpha value is -1.44. The molecule has 1 heterocycles. The minimum atomic E-state index is -3.56. The first-order valence-electron chi connectivity index (χ1n) is 9.55. The van der Waals surface area contributed by atoms with Crippen LogP contribution in [-0.4, -0.2) is 51.9 Å². The van der Waals surface area contributed by atoms with Gasteiger partial charge in [-0.1, -0.05) is 25.8 Å². The number of nitrogens with one attached hydrogen (secondary N) is 2. The number of carbonyl (C=O) groups excluding carboxylic acids is 1. The molecule has 1 saturated heterocycles. The standard InChI is InChI=1S/C19H31N3O3S/c1-3-21-26(24,25)17-10-9-16(2)18(15-17)19(23)20-11-8-14-22-12-6-4-5-7-13-22/h9-10,15,21H,3-8,11-14H2,1-2H3,(H,20,23). The number of hydrogen-bond donors (Lipinski definition) is 2. The van der Waals surface area contributed by atoms with Gasteiger partial charge in [0.05, 0.1) is 4.90 Å². The molecule has 1 aromatic carbocycles. The van der Waals surface area contributed by atoms with Crippen LogP contribution >= 0.6 is 0 Å². The summed E-state index contributed by atoms with van der Waals surface area (Å²) in [6, 6.07) is 4.66. The smallest absolute Gasteiger partial charge is 0.251 e. The van der Waals surface area contributed by atoms with E-state index in [1.807, 2.05) is 6.92 Å². The molecule has 2 rings (SSSR count). The summed E-state index contributed by atoms with van der Waals surface area (Å²) in [4.78, 5) is 15.1. The first-order chi connectivity index (χ1) is 12.4. The largest absolute Gasteiger partial charge is 0.352 e. The van der Waals surface area contributed by atoms with Crippen molar-refractivity contribution >= 4 is 15.9 Å². The highest BCUT2D eigenvalue weighted by molar-refractivity contribution is 7.89. The van der Waals surface area contributed by atoms with Crippen molar-refractivity contribution < 1.29 is 13.2 Å². The molecule has 0 aromatic heterocycles. The second-order valence-electron chi connectivity index (χ2n) is 6.84. The second-order valence-corrected chi connectivity index (χ2v) is 8.61. The van der Waals surface area contributed by atoms with Crippen LogP contribution in [0.3, 0.4) is 0 Å². The van der Waals surface area contributed by atoms with Crippen molar-refractivity contribution in [2.24, 2.45) is 0 Å². The summed E-state index contributed by atoms with van der Waals surface area (Å²) >= 11 is 0. The van der Waals surface area contributed by atoms with E-state index in [2.05, 4.69) is 14.9 Å². The highest BCUT2D eigenvalue weighted by Gasteiger charge is 2.17. The van der Waals surface area contributed by atoms with Crippen LogP contribution in [0.2, 0.25) is 0 Å². The first-order valence-corrected chi connectivity index (χ1v) is 11.0. The van der Waals surface area contributed by atoms with Crippen molar-refractivity contribution in [1.29, 1.82) is 0 Å². The Morgan fingerprint density at radius 2 is 1.85 bits per heavy atom. The Balaban J connectivity index is 1.90. The topological polar surface area (TPSA) is 78.5 Å². The molecule has 0 spiro atoms. The number of likely N-dealkylation sites (tertiary alicyclic amines) is 1. The van der Waals surface area contributed by atoms with Gasteiger partial charge in [0.25, 0.3) is 5.91 Å². The van der Waals surface area contributed by atoms with Crippen molar-refractivity contribution in [3.63, 3.8) is 0 Å². The van der Waals surface area contributed by atoms with Gasteiger partial charge in [-0.2, -0.15) is 0 Å². The third-order valence-electron chi connectivity index (χ3n) is 4.73. The lowest BCUT2D eigenvalue weighted by Gasteiger charge is -2.19. The zero-order valence-corrected chi connectivity index (χ0v) is 16.7. The summed E-state index contributed by atoms with van der Waals surface area (Å²) in [6.45, 7) is 7.75. The van der Waals surface area contributed by atoms with E-state index in [1.165, 1.54) is 37.8 Å². The van der Waals surface area contributed by atoms with Gasteiger partial charge in [-0.05, 0) is 63.5 Å². The van der Waals surface area contributed by atoms with Crippen LogP contribution in [0.5, 0.6) is 0 Å². The summed E-state index contributed by atoms with van der Waals surface area (Å²) in [7, 11) is -3.56. The molecule has 146 valence electrons. The molecule has 1 amide bonds. The van der Waals surface area contributed by atoms with E-state index in [9.17, 15) is 13.2 Å². The molecule has 0 bridgehead atoms. The van der Waals surface area contributed by atoms with E-state index in [1.54, 1.807) is 13.0 Å². The van der Waals surface area contributed by atoms with Gasteiger partial charge in [0.2, 0.25) is 10.0 Å². The third-order valence-corrected chi connectivity index (χ3v) is 6.28. The Morgan fingerprint density at radius 3 is 2.50 bits per heavy atom. The van der Waals surface area contributed by atoms with Gasteiger partial charge in [-0.25, -0.2) is 13.1 Å².